The van der Waals surface area contributed by atoms with Crippen LogP contribution < -0.4 is 14.2 Å². The molecule has 7 heteroatoms. The molecule has 4 rings (SSSR count). The number of nitrogens with zero attached hydrogens (tertiary/aromatic N) is 3. The normalized spacial score (nSPS) is 10.9. The van der Waals surface area contributed by atoms with E-state index >= 15 is 0 Å². The van der Waals surface area contributed by atoms with Crippen LogP contribution in [-0.4, -0.2) is 34.5 Å². The molecule has 6 nitrogen and oxygen atoms in total. The van der Waals surface area contributed by atoms with Gasteiger partial charge in [-0.05, 0) is 56.2 Å². The zero-order valence-corrected chi connectivity index (χ0v) is 19.2. The van der Waals surface area contributed by atoms with Crippen LogP contribution in [0.4, 0.5) is 0 Å². The Morgan fingerprint density at radius 1 is 0.906 bits per heavy atom. The highest BCUT2D eigenvalue weighted by molar-refractivity contribution is 6.18. The van der Waals surface area contributed by atoms with Crippen molar-refractivity contribution >= 4 is 22.5 Å². The molecule has 0 radical (unpaired) electrons. The SMILES string of the molecule is COc1cc2c(Oc3cc(C)c(C)nc3-c3ccc(C)cn3)ccnc2cc1OCCCl. The van der Waals surface area contributed by atoms with Gasteiger partial charge in [0, 0.05) is 29.5 Å². The molecular formula is C25H24ClN3O3. The van der Waals surface area contributed by atoms with Crippen molar-refractivity contribution in [1.29, 1.82) is 0 Å². The summed E-state index contributed by atoms with van der Waals surface area (Å²) in [7, 11) is 1.60. The molecule has 0 saturated carbocycles. The third-order valence-electron chi connectivity index (χ3n) is 5.13. The highest BCUT2D eigenvalue weighted by atomic mass is 35.5. The minimum absolute atomic E-state index is 0.376. The third kappa shape index (κ3) is 4.46. The fraction of sp³-hybridized carbons (Fsp3) is 0.240. The van der Waals surface area contributed by atoms with E-state index in [1.165, 1.54) is 0 Å². The molecule has 0 fully saturated rings. The van der Waals surface area contributed by atoms with Crippen LogP contribution in [0.2, 0.25) is 0 Å². The van der Waals surface area contributed by atoms with Crippen LogP contribution in [0.3, 0.4) is 0 Å². The molecule has 0 aliphatic rings. The van der Waals surface area contributed by atoms with E-state index in [9.17, 15) is 0 Å². The van der Waals surface area contributed by atoms with Crippen molar-refractivity contribution in [2.45, 2.75) is 20.8 Å². The molecule has 0 atom stereocenters. The maximum atomic E-state index is 6.40. The van der Waals surface area contributed by atoms with Gasteiger partial charge in [-0.3, -0.25) is 9.97 Å². The molecule has 3 aromatic heterocycles. The summed E-state index contributed by atoms with van der Waals surface area (Å²) in [5, 5.41) is 0.795. The van der Waals surface area contributed by atoms with Crippen LogP contribution in [0.25, 0.3) is 22.3 Å². The smallest absolute Gasteiger partial charge is 0.163 e. The number of alkyl halides is 1. The van der Waals surface area contributed by atoms with Crippen molar-refractivity contribution in [3.05, 3.63) is 65.6 Å². The number of pyridine rings is 3. The maximum Gasteiger partial charge on any atom is 0.163 e. The van der Waals surface area contributed by atoms with E-state index in [0.29, 0.717) is 41.2 Å². The van der Waals surface area contributed by atoms with Crippen LogP contribution in [-0.2, 0) is 0 Å². The van der Waals surface area contributed by atoms with E-state index in [1.54, 1.807) is 13.3 Å². The number of rotatable bonds is 7. The molecule has 1 aromatic carbocycles. The Balaban J connectivity index is 1.81. The minimum Gasteiger partial charge on any atom is -0.493 e. The van der Waals surface area contributed by atoms with Gasteiger partial charge in [0.15, 0.2) is 17.2 Å². The number of hydrogen-bond acceptors (Lipinski definition) is 6. The zero-order valence-electron chi connectivity index (χ0n) is 18.5. The average molecular weight is 450 g/mol. The lowest BCUT2D eigenvalue weighted by Gasteiger charge is -2.16. The number of hydrogen-bond donors (Lipinski definition) is 0. The first kappa shape index (κ1) is 21.8. The number of methoxy groups -OCH3 is 1. The van der Waals surface area contributed by atoms with E-state index in [4.69, 9.17) is 30.8 Å². The van der Waals surface area contributed by atoms with Crippen LogP contribution in [0.1, 0.15) is 16.8 Å². The number of ether oxygens (including phenoxy) is 3. The summed E-state index contributed by atoms with van der Waals surface area (Å²) in [5.74, 6) is 2.81. The van der Waals surface area contributed by atoms with Crippen molar-refractivity contribution in [3.8, 4) is 34.4 Å². The third-order valence-corrected chi connectivity index (χ3v) is 5.28. The summed E-state index contributed by atoms with van der Waals surface area (Å²) in [6.45, 7) is 6.37. The standard InChI is InChI=1S/C25H24ClN3O3/c1-15-5-6-19(28-14-15)25-24(11-16(2)17(3)29-25)32-21-7-9-27-20-13-23(31-10-8-26)22(30-4)12-18(20)21/h5-7,9,11-14H,8,10H2,1-4H3. The molecule has 0 bridgehead atoms. The van der Waals surface area contributed by atoms with Gasteiger partial charge >= 0.3 is 0 Å². The summed E-state index contributed by atoms with van der Waals surface area (Å²) < 4.78 is 17.6. The fourth-order valence-electron chi connectivity index (χ4n) is 3.31. The molecule has 0 saturated heterocycles. The number of benzene rings is 1. The second-order valence-electron chi connectivity index (χ2n) is 7.43. The van der Waals surface area contributed by atoms with Gasteiger partial charge in [0.1, 0.15) is 18.1 Å². The Morgan fingerprint density at radius 3 is 2.47 bits per heavy atom. The molecule has 164 valence electrons. The molecule has 32 heavy (non-hydrogen) atoms. The second-order valence-corrected chi connectivity index (χ2v) is 7.80. The van der Waals surface area contributed by atoms with Gasteiger partial charge in [0.05, 0.1) is 24.2 Å². The first-order chi connectivity index (χ1) is 15.5. The lowest BCUT2D eigenvalue weighted by atomic mass is 10.1. The molecule has 3 heterocycles. The summed E-state index contributed by atoms with van der Waals surface area (Å²) >= 11 is 5.77. The predicted molar refractivity (Wildman–Crippen MR) is 126 cm³/mol. The molecule has 0 N–H and O–H groups in total. The second kappa shape index (κ2) is 9.40. The summed E-state index contributed by atoms with van der Waals surface area (Å²) in [4.78, 5) is 13.8. The maximum absolute atomic E-state index is 6.40. The van der Waals surface area contributed by atoms with Gasteiger partial charge in [-0.15, -0.1) is 11.6 Å². The minimum atomic E-state index is 0.376. The summed E-state index contributed by atoms with van der Waals surface area (Å²) in [6.07, 6.45) is 3.53. The van der Waals surface area contributed by atoms with Gasteiger partial charge in [-0.2, -0.15) is 0 Å². The van der Waals surface area contributed by atoms with E-state index < -0.39 is 0 Å². The van der Waals surface area contributed by atoms with Crippen LogP contribution in [0.15, 0.2) is 48.8 Å². The van der Waals surface area contributed by atoms with E-state index in [2.05, 4.69) is 9.97 Å². The lowest BCUT2D eigenvalue weighted by molar-refractivity contribution is 0.313. The Bertz CT molecular complexity index is 1260. The topological polar surface area (TPSA) is 66.4 Å². The van der Waals surface area contributed by atoms with E-state index in [0.717, 1.165) is 33.4 Å². The highest BCUT2D eigenvalue weighted by Gasteiger charge is 2.16. The number of aryl methyl sites for hydroxylation is 3. The Labute approximate surface area is 192 Å². The first-order valence-corrected chi connectivity index (χ1v) is 10.8. The Morgan fingerprint density at radius 2 is 1.75 bits per heavy atom. The predicted octanol–water partition coefficient (Wildman–Crippen LogP) is 6.04. The molecule has 0 aliphatic carbocycles. The Kier molecular flexibility index (Phi) is 6.42. The van der Waals surface area contributed by atoms with Crippen molar-refractivity contribution in [2.75, 3.05) is 19.6 Å². The summed E-state index contributed by atoms with van der Waals surface area (Å²) in [5.41, 5.74) is 5.20. The van der Waals surface area contributed by atoms with Gasteiger partial charge in [-0.25, -0.2) is 4.98 Å². The molecule has 0 amide bonds. The van der Waals surface area contributed by atoms with Crippen LogP contribution >= 0.6 is 11.6 Å². The zero-order chi connectivity index (χ0) is 22.7. The van der Waals surface area contributed by atoms with Gasteiger partial charge in [0.2, 0.25) is 0 Å². The van der Waals surface area contributed by atoms with E-state index in [1.807, 2.05) is 63.4 Å². The molecule has 0 aliphatic heterocycles. The van der Waals surface area contributed by atoms with Crippen LogP contribution in [0, 0.1) is 20.8 Å². The largest absolute Gasteiger partial charge is 0.493 e. The lowest BCUT2D eigenvalue weighted by Crippen LogP contribution is -2.01. The van der Waals surface area contributed by atoms with Gasteiger partial charge in [-0.1, -0.05) is 6.07 Å². The molecule has 4 aromatic rings. The Hall–Kier alpha value is -3.38. The van der Waals surface area contributed by atoms with Crippen molar-refractivity contribution in [3.63, 3.8) is 0 Å². The van der Waals surface area contributed by atoms with E-state index in [-0.39, 0.29) is 0 Å². The number of halogens is 1. The van der Waals surface area contributed by atoms with Crippen molar-refractivity contribution in [1.82, 2.24) is 15.0 Å². The number of aromatic nitrogens is 3. The molecule has 0 unspecified atom stereocenters. The fourth-order valence-corrected chi connectivity index (χ4v) is 3.38. The highest BCUT2D eigenvalue weighted by Crippen LogP contribution is 2.39. The van der Waals surface area contributed by atoms with Crippen molar-refractivity contribution in [2.24, 2.45) is 0 Å². The van der Waals surface area contributed by atoms with Gasteiger partial charge in [0.25, 0.3) is 0 Å². The first-order valence-electron chi connectivity index (χ1n) is 10.2. The monoisotopic (exact) mass is 449 g/mol. The van der Waals surface area contributed by atoms with Gasteiger partial charge < -0.3 is 14.2 Å². The van der Waals surface area contributed by atoms with Crippen LogP contribution in [0.5, 0.6) is 23.0 Å². The van der Waals surface area contributed by atoms with Crippen molar-refractivity contribution < 1.29 is 14.2 Å². The number of fused-ring (bicyclic) bond motifs is 1. The molecular weight excluding hydrogens is 426 g/mol. The average Bonchev–Trinajstić information content (AvgIpc) is 2.80. The quantitative estimate of drug-likeness (QED) is 0.320. The molecule has 0 spiro atoms. The summed E-state index contributed by atoms with van der Waals surface area (Å²) in [6, 6.07) is 11.5.